The number of nitrogens with one attached hydrogen (secondary N) is 1. The van der Waals surface area contributed by atoms with E-state index in [1.807, 2.05) is 25.7 Å². The van der Waals surface area contributed by atoms with Crippen LogP contribution in [0.25, 0.3) is 0 Å². The maximum Gasteiger partial charge on any atom is 0.257 e. The summed E-state index contributed by atoms with van der Waals surface area (Å²) in [5, 5.41) is 3.12. The fourth-order valence-electron chi connectivity index (χ4n) is 4.80. The highest BCUT2D eigenvalue weighted by atomic mass is 16.5. The normalized spacial score (nSPS) is 23.5. The summed E-state index contributed by atoms with van der Waals surface area (Å²) in [5.74, 6) is 1.65. The van der Waals surface area contributed by atoms with Crippen molar-refractivity contribution < 1.29 is 14.3 Å². The smallest absolute Gasteiger partial charge is 0.257 e. The number of nitrogens with zero attached hydrogens (tertiary/aromatic N) is 3. The number of hydrogen-bond donors (Lipinski definition) is 1. The van der Waals surface area contributed by atoms with Crippen LogP contribution in [0.2, 0.25) is 0 Å². The minimum atomic E-state index is 0.0284. The topological polar surface area (TPSA) is 84.4 Å². The molecule has 2 aliphatic rings. The van der Waals surface area contributed by atoms with Gasteiger partial charge in [-0.15, -0.1) is 0 Å². The highest BCUT2D eigenvalue weighted by Crippen LogP contribution is 2.36. The van der Waals surface area contributed by atoms with Crippen molar-refractivity contribution in [3.8, 4) is 0 Å². The van der Waals surface area contributed by atoms with E-state index in [-0.39, 0.29) is 23.8 Å². The van der Waals surface area contributed by atoms with Crippen LogP contribution in [0.4, 0.5) is 0 Å². The van der Waals surface area contributed by atoms with Gasteiger partial charge in [0.1, 0.15) is 5.82 Å². The molecule has 1 saturated heterocycles. The van der Waals surface area contributed by atoms with Gasteiger partial charge in [-0.1, -0.05) is 0 Å². The predicted molar refractivity (Wildman–Crippen MR) is 120 cm³/mol. The van der Waals surface area contributed by atoms with Crippen molar-refractivity contribution in [1.82, 2.24) is 20.2 Å². The summed E-state index contributed by atoms with van der Waals surface area (Å²) in [7, 11) is 0. The molecule has 1 aliphatic carbocycles. The van der Waals surface area contributed by atoms with Gasteiger partial charge >= 0.3 is 0 Å². The molecule has 3 rings (SSSR count). The van der Waals surface area contributed by atoms with Crippen LogP contribution in [-0.4, -0.2) is 59.0 Å². The molecule has 1 N–H and O–H groups in total. The Morgan fingerprint density at radius 1 is 1.16 bits per heavy atom. The maximum atomic E-state index is 13.0. The van der Waals surface area contributed by atoms with Gasteiger partial charge in [-0.2, -0.15) is 0 Å². The van der Waals surface area contributed by atoms with Crippen LogP contribution < -0.4 is 5.32 Å². The zero-order valence-electron chi connectivity index (χ0n) is 19.4. The summed E-state index contributed by atoms with van der Waals surface area (Å²) in [6, 6.07) is 0. The number of carbonyl (C=O) groups excluding carboxylic acids is 2. The van der Waals surface area contributed by atoms with Gasteiger partial charge in [0.2, 0.25) is 5.91 Å². The molecule has 0 radical (unpaired) electrons. The molecule has 2 heterocycles. The first kappa shape index (κ1) is 23.6. The third-order valence-corrected chi connectivity index (χ3v) is 6.76. The molecule has 31 heavy (non-hydrogen) atoms. The fourth-order valence-corrected chi connectivity index (χ4v) is 4.80. The highest BCUT2D eigenvalue weighted by molar-refractivity contribution is 5.95. The minimum absolute atomic E-state index is 0.0284. The predicted octanol–water partition coefficient (Wildman–Crippen LogP) is 3.62. The molecule has 1 atom stereocenters. The SMILES string of the molecule is CCN(CC)C(=O)c1cnc(C)nc1C1CCC(CNC(=O)CC[C@@H]2CCCO2)CC1. The number of hydrogen-bond acceptors (Lipinski definition) is 5. The monoisotopic (exact) mass is 430 g/mol. The van der Waals surface area contributed by atoms with Crippen LogP contribution >= 0.6 is 0 Å². The lowest BCUT2D eigenvalue weighted by molar-refractivity contribution is -0.121. The van der Waals surface area contributed by atoms with Crippen LogP contribution in [0.1, 0.15) is 93.0 Å². The van der Waals surface area contributed by atoms with Gasteiger partial charge in [0, 0.05) is 44.8 Å². The van der Waals surface area contributed by atoms with Gasteiger partial charge in [0.25, 0.3) is 5.91 Å². The van der Waals surface area contributed by atoms with E-state index >= 15 is 0 Å². The van der Waals surface area contributed by atoms with E-state index in [0.29, 0.717) is 36.8 Å². The molecule has 7 heteroatoms. The Kier molecular flexibility index (Phi) is 8.81. The summed E-state index contributed by atoms with van der Waals surface area (Å²) in [4.78, 5) is 36.0. The Bertz CT molecular complexity index is 736. The second kappa shape index (κ2) is 11.6. The summed E-state index contributed by atoms with van der Waals surface area (Å²) in [6.45, 7) is 8.82. The average Bonchev–Trinajstić information content (AvgIpc) is 3.31. The number of ether oxygens (including phenoxy) is 1. The lowest BCUT2D eigenvalue weighted by Gasteiger charge is -2.30. The largest absolute Gasteiger partial charge is 0.378 e. The zero-order chi connectivity index (χ0) is 22.2. The zero-order valence-corrected chi connectivity index (χ0v) is 19.4. The van der Waals surface area contributed by atoms with Gasteiger partial charge < -0.3 is 15.0 Å². The Balaban J connectivity index is 1.50. The van der Waals surface area contributed by atoms with Crippen LogP contribution in [0.5, 0.6) is 0 Å². The Morgan fingerprint density at radius 2 is 1.90 bits per heavy atom. The summed E-state index contributed by atoms with van der Waals surface area (Å²) >= 11 is 0. The van der Waals surface area contributed by atoms with Crippen LogP contribution in [-0.2, 0) is 9.53 Å². The molecule has 1 aromatic heterocycles. The molecule has 1 aliphatic heterocycles. The third kappa shape index (κ3) is 6.48. The molecule has 2 amide bonds. The highest BCUT2D eigenvalue weighted by Gasteiger charge is 2.28. The summed E-state index contributed by atoms with van der Waals surface area (Å²) < 4.78 is 5.60. The second-order valence-electron chi connectivity index (χ2n) is 8.89. The van der Waals surface area contributed by atoms with Gasteiger partial charge in [0.15, 0.2) is 0 Å². The van der Waals surface area contributed by atoms with Crippen molar-refractivity contribution in [3.05, 3.63) is 23.3 Å². The standard InChI is InChI=1S/C24H38N4O3/c1-4-28(5-2)24(30)21-16-25-17(3)27-23(21)19-10-8-18(9-11-19)15-26-22(29)13-12-20-7-6-14-31-20/h16,18-20H,4-15H2,1-3H3,(H,26,29)/t18?,19?,20-/m0/s1. The Morgan fingerprint density at radius 3 is 2.55 bits per heavy atom. The lowest BCUT2D eigenvalue weighted by Crippen LogP contribution is -2.33. The van der Waals surface area contributed by atoms with Crippen molar-refractivity contribution >= 4 is 11.8 Å². The van der Waals surface area contributed by atoms with Gasteiger partial charge in [-0.05, 0) is 71.6 Å². The molecule has 2 fully saturated rings. The molecule has 0 spiro atoms. The summed E-state index contributed by atoms with van der Waals surface area (Å²) in [6.07, 6.45) is 9.62. The van der Waals surface area contributed by atoms with E-state index in [9.17, 15) is 9.59 Å². The second-order valence-corrected chi connectivity index (χ2v) is 8.89. The molecule has 0 bridgehead atoms. The third-order valence-electron chi connectivity index (χ3n) is 6.76. The van der Waals surface area contributed by atoms with Crippen LogP contribution in [0.15, 0.2) is 6.20 Å². The first-order valence-electron chi connectivity index (χ1n) is 12.0. The number of rotatable bonds is 9. The van der Waals surface area contributed by atoms with E-state index < -0.39 is 0 Å². The number of aromatic nitrogens is 2. The van der Waals surface area contributed by atoms with Crippen molar-refractivity contribution in [2.24, 2.45) is 5.92 Å². The van der Waals surface area contributed by atoms with Crippen LogP contribution in [0, 0.1) is 12.8 Å². The summed E-state index contributed by atoms with van der Waals surface area (Å²) in [5.41, 5.74) is 1.56. The molecule has 0 unspecified atom stereocenters. The van der Waals surface area contributed by atoms with E-state index in [1.54, 1.807) is 6.20 Å². The van der Waals surface area contributed by atoms with E-state index in [4.69, 9.17) is 4.74 Å². The number of amides is 2. The number of aryl methyl sites for hydroxylation is 1. The fraction of sp³-hybridized carbons (Fsp3) is 0.750. The molecular formula is C24H38N4O3. The van der Waals surface area contributed by atoms with E-state index in [2.05, 4.69) is 15.3 Å². The first-order valence-corrected chi connectivity index (χ1v) is 12.0. The van der Waals surface area contributed by atoms with E-state index in [1.165, 1.54) is 0 Å². The van der Waals surface area contributed by atoms with Crippen molar-refractivity contribution in [2.45, 2.75) is 84.2 Å². The molecule has 1 saturated carbocycles. The molecule has 7 nitrogen and oxygen atoms in total. The van der Waals surface area contributed by atoms with Gasteiger partial charge in [0.05, 0.1) is 17.4 Å². The van der Waals surface area contributed by atoms with Crippen molar-refractivity contribution in [1.29, 1.82) is 0 Å². The van der Waals surface area contributed by atoms with Crippen LogP contribution in [0.3, 0.4) is 0 Å². The minimum Gasteiger partial charge on any atom is -0.378 e. The molecule has 172 valence electrons. The molecular weight excluding hydrogens is 392 g/mol. The Hall–Kier alpha value is -2.02. The molecule has 1 aromatic rings. The average molecular weight is 431 g/mol. The van der Waals surface area contributed by atoms with Gasteiger partial charge in [-0.25, -0.2) is 9.97 Å². The Labute approximate surface area is 186 Å². The van der Waals surface area contributed by atoms with E-state index in [0.717, 1.165) is 63.8 Å². The van der Waals surface area contributed by atoms with Crippen molar-refractivity contribution in [3.63, 3.8) is 0 Å². The number of carbonyl (C=O) groups is 2. The lowest BCUT2D eigenvalue weighted by atomic mass is 9.79. The van der Waals surface area contributed by atoms with Crippen molar-refractivity contribution in [2.75, 3.05) is 26.2 Å². The molecule has 0 aromatic carbocycles. The quantitative estimate of drug-likeness (QED) is 0.647. The van der Waals surface area contributed by atoms with Gasteiger partial charge in [-0.3, -0.25) is 9.59 Å². The first-order chi connectivity index (χ1) is 15.0. The maximum absolute atomic E-state index is 13.0.